The van der Waals surface area contributed by atoms with E-state index in [1.807, 2.05) is 32.9 Å². The number of hydrogen-bond acceptors (Lipinski definition) is 3. The summed E-state index contributed by atoms with van der Waals surface area (Å²) in [7, 11) is 0. The van der Waals surface area contributed by atoms with Gasteiger partial charge in [-0.2, -0.15) is 0 Å². The van der Waals surface area contributed by atoms with Crippen LogP contribution in [0.15, 0.2) is 10.5 Å². The van der Waals surface area contributed by atoms with Gasteiger partial charge in [-0.3, -0.25) is 0 Å². The molecule has 82 valence electrons. The number of carbonyl (C=O) groups excluding carboxylic acids is 1. The third-order valence-corrected chi connectivity index (χ3v) is 2.26. The van der Waals surface area contributed by atoms with E-state index in [9.17, 15) is 4.79 Å². The topological polar surface area (TPSA) is 39.4 Å². The van der Waals surface area contributed by atoms with E-state index in [1.54, 1.807) is 6.92 Å². The van der Waals surface area contributed by atoms with Crippen LogP contribution in [0.1, 0.15) is 41.3 Å². The molecule has 1 aromatic heterocycles. The van der Waals surface area contributed by atoms with Gasteiger partial charge in [0.05, 0.1) is 6.61 Å². The molecule has 0 saturated carbocycles. The van der Waals surface area contributed by atoms with Gasteiger partial charge in [-0.05, 0) is 39.3 Å². The average molecular weight is 208 g/mol. The number of hydrogen-bond donors (Lipinski definition) is 0. The summed E-state index contributed by atoms with van der Waals surface area (Å²) >= 11 is 0. The molecular formula is C12H16O3. The number of esters is 1. The smallest absolute Gasteiger partial charge is 0.374 e. The summed E-state index contributed by atoms with van der Waals surface area (Å²) in [6, 6.07) is 0. The van der Waals surface area contributed by atoms with Crippen molar-refractivity contribution in [2.75, 3.05) is 6.61 Å². The predicted molar refractivity (Wildman–Crippen MR) is 58.8 cm³/mol. The quantitative estimate of drug-likeness (QED) is 0.716. The normalized spacial score (nSPS) is 10.9. The van der Waals surface area contributed by atoms with Gasteiger partial charge in [0.1, 0.15) is 5.76 Å². The standard InChI is InChI=1S/C12H16O3/c1-5-7-10-8(3)9(4)11(15-10)12(13)14-6-2/h5,7H,6H2,1-4H3. The molecule has 0 bridgehead atoms. The second-order valence-corrected chi connectivity index (χ2v) is 3.27. The third kappa shape index (κ3) is 2.29. The lowest BCUT2D eigenvalue weighted by molar-refractivity contribution is 0.0488. The van der Waals surface area contributed by atoms with Crippen LogP contribution in [0.5, 0.6) is 0 Å². The zero-order valence-electron chi connectivity index (χ0n) is 9.59. The number of rotatable bonds is 3. The molecule has 0 unspecified atom stereocenters. The van der Waals surface area contributed by atoms with Crippen LogP contribution in [0.25, 0.3) is 6.08 Å². The fourth-order valence-corrected chi connectivity index (χ4v) is 1.32. The Morgan fingerprint density at radius 3 is 2.60 bits per heavy atom. The number of ether oxygens (including phenoxy) is 1. The molecule has 0 aromatic carbocycles. The first-order chi connectivity index (χ1) is 7.11. The number of furan rings is 1. The maximum Gasteiger partial charge on any atom is 0.374 e. The Kier molecular flexibility index (Phi) is 3.72. The lowest BCUT2D eigenvalue weighted by Gasteiger charge is -1.98. The first-order valence-corrected chi connectivity index (χ1v) is 5.01. The third-order valence-electron chi connectivity index (χ3n) is 2.26. The first kappa shape index (κ1) is 11.6. The molecule has 15 heavy (non-hydrogen) atoms. The first-order valence-electron chi connectivity index (χ1n) is 5.01. The van der Waals surface area contributed by atoms with E-state index in [0.29, 0.717) is 12.4 Å². The van der Waals surface area contributed by atoms with Crippen molar-refractivity contribution in [2.45, 2.75) is 27.7 Å². The number of allylic oxidation sites excluding steroid dienone is 1. The molecule has 1 aromatic rings. The van der Waals surface area contributed by atoms with Gasteiger partial charge >= 0.3 is 5.97 Å². The fraction of sp³-hybridized carbons (Fsp3) is 0.417. The van der Waals surface area contributed by atoms with Crippen molar-refractivity contribution in [2.24, 2.45) is 0 Å². The molecule has 0 amide bonds. The van der Waals surface area contributed by atoms with Crippen molar-refractivity contribution in [3.8, 4) is 0 Å². The summed E-state index contributed by atoms with van der Waals surface area (Å²) in [5.74, 6) is 0.634. The maximum absolute atomic E-state index is 11.5. The van der Waals surface area contributed by atoms with Gasteiger partial charge < -0.3 is 9.15 Å². The highest BCUT2D eigenvalue weighted by molar-refractivity contribution is 5.89. The van der Waals surface area contributed by atoms with E-state index in [0.717, 1.165) is 16.9 Å². The van der Waals surface area contributed by atoms with Gasteiger partial charge in [0, 0.05) is 5.56 Å². The van der Waals surface area contributed by atoms with Crippen molar-refractivity contribution in [1.82, 2.24) is 0 Å². The van der Waals surface area contributed by atoms with E-state index >= 15 is 0 Å². The SMILES string of the molecule is CC=Cc1oc(C(=O)OCC)c(C)c1C. The molecule has 0 N–H and O–H groups in total. The molecule has 0 fully saturated rings. The van der Waals surface area contributed by atoms with Gasteiger partial charge in [0.25, 0.3) is 0 Å². The van der Waals surface area contributed by atoms with Crippen molar-refractivity contribution < 1.29 is 13.9 Å². The van der Waals surface area contributed by atoms with Crippen LogP contribution >= 0.6 is 0 Å². The highest BCUT2D eigenvalue weighted by Gasteiger charge is 2.19. The Bertz CT molecular complexity index is 386. The zero-order chi connectivity index (χ0) is 11.4. The monoisotopic (exact) mass is 208 g/mol. The van der Waals surface area contributed by atoms with Gasteiger partial charge in [-0.15, -0.1) is 0 Å². The van der Waals surface area contributed by atoms with Crippen LogP contribution in [0.3, 0.4) is 0 Å². The van der Waals surface area contributed by atoms with Crippen LogP contribution in [-0.4, -0.2) is 12.6 Å². The second-order valence-electron chi connectivity index (χ2n) is 3.27. The van der Waals surface area contributed by atoms with Gasteiger partial charge in [0.2, 0.25) is 5.76 Å². The summed E-state index contributed by atoms with van der Waals surface area (Å²) in [5.41, 5.74) is 1.83. The van der Waals surface area contributed by atoms with Crippen molar-refractivity contribution in [3.05, 3.63) is 28.7 Å². The highest BCUT2D eigenvalue weighted by Crippen LogP contribution is 2.23. The van der Waals surface area contributed by atoms with E-state index in [1.165, 1.54) is 0 Å². The minimum Gasteiger partial charge on any atom is -0.460 e. The summed E-state index contributed by atoms with van der Waals surface area (Å²) in [5, 5.41) is 0. The van der Waals surface area contributed by atoms with Crippen LogP contribution < -0.4 is 0 Å². The van der Waals surface area contributed by atoms with E-state index in [-0.39, 0.29) is 0 Å². The van der Waals surface area contributed by atoms with Crippen molar-refractivity contribution in [1.29, 1.82) is 0 Å². The molecule has 0 aliphatic carbocycles. The minimum absolute atomic E-state index is 0.308. The Balaban J connectivity index is 3.10. The zero-order valence-corrected chi connectivity index (χ0v) is 9.59. The lowest BCUT2D eigenvalue weighted by atomic mass is 10.1. The van der Waals surface area contributed by atoms with Crippen LogP contribution in [-0.2, 0) is 4.74 Å². The van der Waals surface area contributed by atoms with E-state index in [4.69, 9.17) is 9.15 Å². The molecule has 0 aliphatic heterocycles. The molecule has 0 aliphatic rings. The summed E-state index contributed by atoms with van der Waals surface area (Å²) in [6.45, 7) is 7.82. The molecule has 0 radical (unpaired) electrons. The number of carbonyl (C=O) groups is 1. The maximum atomic E-state index is 11.5. The van der Waals surface area contributed by atoms with Gasteiger partial charge in [-0.25, -0.2) is 4.79 Å². The second kappa shape index (κ2) is 4.82. The molecule has 3 heteroatoms. The average Bonchev–Trinajstić information content (AvgIpc) is 2.47. The molecule has 1 heterocycles. The summed E-state index contributed by atoms with van der Waals surface area (Å²) < 4.78 is 10.3. The predicted octanol–water partition coefficient (Wildman–Crippen LogP) is 3.11. The van der Waals surface area contributed by atoms with Crippen LogP contribution in [0.4, 0.5) is 0 Å². The van der Waals surface area contributed by atoms with Crippen molar-refractivity contribution >= 4 is 12.0 Å². The van der Waals surface area contributed by atoms with Crippen molar-refractivity contribution in [3.63, 3.8) is 0 Å². The fourth-order valence-electron chi connectivity index (χ4n) is 1.32. The Morgan fingerprint density at radius 1 is 1.40 bits per heavy atom. The van der Waals surface area contributed by atoms with Crippen LogP contribution in [0, 0.1) is 13.8 Å². The molecule has 1 rings (SSSR count). The largest absolute Gasteiger partial charge is 0.460 e. The Labute approximate surface area is 89.7 Å². The molecule has 3 nitrogen and oxygen atoms in total. The highest BCUT2D eigenvalue weighted by atomic mass is 16.5. The molecule has 0 atom stereocenters. The van der Waals surface area contributed by atoms with E-state index in [2.05, 4.69) is 0 Å². The molecule has 0 saturated heterocycles. The Morgan fingerprint density at radius 2 is 2.07 bits per heavy atom. The Hall–Kier alpha value is -1.51. The minimum atomic E-state index is -0.395. The molecule has 0 spiro atoms. The van der Waals surface area contributed by atoms with Crippen LogP contribution in [0.2, 0.25) is 0 Å². The summed E-state index contributed by atoms with van der Waals surface area (Å²) in [6.07, 6.45) is 3.71. The van der Waals surface area contributed by atoms with Gasteiger partial charge in [0.15, 0.2) is 0 Å². The van der Waals surface area contributed by atoms with E-state index < -0.39 is 5.97 Å². The lowest BCUT2D eigenvalue weighted by Crippen LogP contribution is -2.04. The summed E-state index contributed by atoms with van der Waals surface area (Å²) in [4.78, 5) is 11.5. The van der Waals surface area contributed by atoms with Gasteiger partial charge in [-0.1, -0.05) is 6.08 Å². The molecular weight excluding hydrogens is 192 g/mol.